The standard InChI is InChI=1S/C23H26N4O3S2/c28-23(27-13-12-17-4-1-2-5-19(17)15-27)18-10-8-16(9-11-18)14-24-32(29,30)21-7-3-6-20-22(21)26-31-25-20/h1-7,16,18,24H,8-15H2. The second-order valence-corrected chi connectivity index (χ2v) is 11.0. The van der Waals surface area contributed by atoms with Crippen molar-refractivity contribution in [2.45, 2.75) is 43.5 Å². The van der Waals surface area contributed by atoms with Crippen molar-refractivity contribution in [1.82, 2.24) is 18.4 Å². The van der Waals surface area contributed by atoms with Gasteiger partial charge in [0.1, 0.15) is 15.9 Å². The van der Waals surface area contributed by atoms with Gasteiger partial charge in [0.05, 0.1) is 11.7 Å². The van der Waals surface area contributed by atoms with Crippen LogP contribution in [0.5, 0.6) is 0 Å². The number of hydrogen-bond acceptors (Lipinski definition) is 6. The van der Waals surface area contributed by atoms with Crippen molar-refractivity contribution >= 4 is 38.7 Å². The normalized spacial score (nSPS) is 21.4. The number of hydrogen-bond donors (Lipinski definition) is 1. The number of nitrogens with one attached hydrogen (secondary N) is 1. The van der Waals surface area contributed by atoms with Crippen molar-refractivity contribution in [1.29, 1.82) is 0 Å². The van der Waals surface area contributed by atoms with Crippen LogP contribution in [-0.2, 0) is 27.8 Å². The quantitative estimate of drug-likeness (QED) is 0.617. The molecule has 1 aromatic heterocycles. The van der Waals surface area contributed by atoms with Crippen LogP contribution in [0, 0.1) is 11.8 Å². The van der Waals surface area contributed by atoms with Gasteiger partial charge in [0.15, 0.2) is 0 Å². The van der Waals surface area contributed by atoms with Gasteiger partial charge in [0.2, 0.25) is 15.9 Å². The third-order valence-electron chi connectivity index (χ3n) is 6.74. The lowest BCUT2D eigenvalue weighted by Crippen LogP contribution is -2.41. The van der Waals surface area contributed by atoms with Crippen molar-refractivity contribution < 1.29 is 13.2 Å². The molecule has 0 spiro atoms. The Morgan fingerprint density at radius 1 is 1.03 bits per heavy atom. The number of nitrogens with zero attached hydrogens (tertiary/aromatic N) is 3. The summed E-state index contributed by atoms with van der Waals surface area (Å²) in [6, 6.07) is 13.4. The van der Waals surface area contributed by atoms with Gasteiger partial charge in [0.25, 0.3) is 0 Å². The maximum absolute atomic E-state index is 13.1. The fraction of sp³-hybridized carbons (Fsp3) is 0.435. The number of carbonyl (C=O) groups excluding carboxylic acids is 1. The average Bonchev–Trinajstić information content (AvgIpc) is 3.31. The zero-order valence-corrected chi connectivity index (χ0v) is 19.4. The Labute approximate surface area is 192 Å². The average molecular weight is 471 g/mol. The Bertz CT molecular complexity index is 1230. The van der Waals surface area contributed by atoms with Crippen LogP contribution in [0.1, 0.15) is 36.8 Å². The summed E-state index contributed by atoms with van der Waals surface area (Å²) >= 11 is 1.01. The third-order valence-corrected chi connectivity index (χ3v) is 8.74. The van der Waals surface area contributed by atoms with Gasteiger partial charge in [-0.25, -0.2) is 13.1 Å². The molecule has 3 aromatic rings. The molecule has 32 heavy (non-hydrogen) atoms. The highest BCUT2D eigenvalue weighted by Crippen LogP contribution is 2.31. The largest absolute Gasteiger partial charge is 0.338 e. The van der Waals surface area contributed by atoms with E-state index in [-0.39, 0.29) is 22.6 Å². The van der Waals surface area contributed by atoms with E-state index in [9.17, 15) is 13.2 Å². The number of fused-ring (bicyclic) bond motifs is 2. The lowest BCUT2D eigenvalue weighted by Gasteiger charge is -2.34. The minimum atomic E-state index is -3.65. The lowest BCUT2D eigenvalue weighted by atomic mass is 9.81. The molecular weight excluding hydrogens is 444 g/mol. The van der Waals surface area contributed by atoms with E-state index < -0.39 is 10.0 Å². The SMILES string of the molecule is O=C(C1CCC(CNS(=O)(=O)c2cccc3nsnc23)CC1)N1CCc2ccccc2C1. The second kappa shape index (κ2) is 8.88. The summed E-state index contributed by atoms with van der Waals surface area (Å²) in [5, 5.41) is 0. The van der Waals surface area contributed by atoms with Crippen LogP contribution in [0.4, 0.5) is 0 Å². The molecule has 9 heteroatoms. The predicted molar refractivity (Wildman–Crippen MR) is 124 cm³/mol. The molecule has 0 atom stereocenters. The molecule has 5 rings (SSSR count). The van der Waals surface area contributed by atoms with E-state index in [0.717, 1.165) is 50.4 Å². The molecule has 1 saturated carbocycles. The molecule has 1 fully saturated rings. The summed E-state index contributed by atoms with van der Waals surface area (Å²) in [4.78, 5) is 15.3. The first-order valence-corrected chi connectivity index (χ1v) is 13.3. The van der Waals surface area contributed by atoms with E-state index in [2.05, 4.69) is 31.7 Å². The molecule has 1 aliphatic carbocycles. The summed E-state index contributed by atoms with van der Waals surface area (Å²) in [6.07, 6.45) is 4.25. The van der Waals surface area contributed by atoms with E-state index in [0.29, 0.717) is 24.1 Å². The van der Waals surface area contributed by atoms with E-state index in [4.69, 9.17) is 0 Å². The van der Waals surface area contributed by atoms with Crippen molar-refractivity contribution in [3.05, 3.63) is 53.6 Å². The molecule has 1 amide bonds. The Kier molecular flexibility index (Phi) is 5.96. The number of rotatable bonds is 5. The highest BCUT2D eigenvalue weighted by Gasteiger charge is 2.31. The first-order valence-electron chi connectivity index (χ1n) is 11.1. The van der Waals surface area contributed by atoms with Crippen LogP contribution < -0.4 is 4.72 Å². The molecule has 0 radical (unpaired) electrons. The number of sulfonamides is 1. The molecule has 1 aliphatic heterocycles. The number of amides is 1. The Balaban J connectivity index is 1.15. The van der Waals surface area contributed by atoms with Gasteiger partial charge in [-0.1, -0.05) is 30.3 Å². The predicted octanol–water partition coefficient (Wildman–Crippen LogP) is 3.36. The van der Waals surface area contributed by atoms with Gasteiger partial charge in [-0.3, -0.25) is 4.79 Å². The van der Waals surface area contributed by atoms with E-state index >= 15 is 0 Å². The zero-order chi connectivity index (χ0) is 22.1. The molecule has 0 bridgehead atoms. The van der Waals surface area contributed by atoms with Gasteiger partial charge in [-0.05, 0) is 61.3 Å². The molecule has 0 unspecified atom stereocenters. The third kappa shape index (κ3) is 4.29. The first kappa shape index (κ1) is 21.5. The van der Waals surface area contributed by atoms with Crippen LogP contribution in [0.15, 0.2) is 47.4 Å². The van der Waals surface area contributed by atoms with Gasteiger partial charge in [-0.2, -0.15) is 8.75 Å². The van der Waals surface area contributed by atoms with Crippen LogP contribution in [0.2, 0.25) is 0 Å². The number of benzene rings is 2. The Hall–Kier alpha value is -2.36. The maximum atomic E-state index is 13.1. The summed E-state index contributed by atoms with van der Waals surface area (Å²) in [5.41, 5.74) is 3.61. The monoisotopic (exact) mass is 470 g/mol. The molecular formula is C23H26N4O3S2. The highest BCUT2D eigenvalue weighted by molar-refractivity contribution is 7.89. The van der Waals surface area contributed by atoms with Crippen molar-refractivity contribution in [2.75, 3.05) is 13.1 Å². The summed E-state index contributed by atoms with van der Waals surface area (Å²) in [7, 11) is -3.65. The lowest BCUT2D eigenvalue weighted by molar-refractivity contribution is -0.137. The zero-order valence-electron chi connectivity index (χ0n) is 17.7. The topological polar surface area (TPSA) is 92.3 Å². The van der Waals surface area contributed by atoms with Crippen molar-refractivity contribution in [2.24, 2.45) is 11.8 Å². The number of aromatic nitrogens is 2. The Morgan fingerprint density at radius 3 is 2.62 bits per heavy atom. The minimum absolute atomic E-state index is 0.0444. The van der Waals surface area contributed by atoms with Crippen molar-refractivity contribution in [3.63, 3.8) is 0 Å². The van der Waals surface area contributed by atoms with E-state index in [1.807, 2.05) is 11.0 Å². The molecule has 2 aliphatic rings. The summed E-state index contributed by atoms with van der Waals surface area (Å²) in [5.74, 6) is 0.535. The van der Waals surface area contributed by atoms with Crippen molar-refractivity contribution in [3.8, 4) is 0 Å². The highest BCUT2D eigenvalue weighted by atomic mass is 32.2. The van der Waals surface area contributed by atoms with Crippen LogP contribution >= 0.6 is 11.7 Å². The molecule has 7 nitrogen and oxygen atoms in total. The molecule has 1 N–H and O–H groups in total. The van der Waals surface area contributed by atoms with E-state index in [1.54, 1.807) is 18.2 Å². The van der Waals surface area contributed by atoms with Gasteiger partial charge >= 0.3 is 0 Å². The molecule has 2 heterocycles. The molecule has 0 saturated heterocycles. The second-order valence-electron chi connectivity index (χ2n) is 8.74. The fourth-order valence-electron chi connectivity index (χ4n) is 4.86. The first-order chi connectivity index (χ1) is 15.5. The van der Waals surface area contributed by atoms with Gasteiger partial charge in [0, 0.05) is 25.6 Å². The van der Waals surface area contributed by atoms with Gasteiger partial charge < -0.3 is 4.90 Å². The summed E-state index contributed by atoms with van der Waals surface area (Å²) < 4.78 is 36.7. The molecule has 2 aromatic carbocycles. The van der Waals surface area contributed by atoms with E-state index in [1.165, 1.54) is 11.1 Å². The van der Waals surface area contributed by atoms with Crippen LogP contribution in [0.25, 0.3) is 11.0 Å². The van der Waals surface area contributed by atoms with Crippen LogP contribution in [0.3, 0.4) is 0 Å². The smallest absolute Gasteiger partial charge is 0.242 e. The minimum Gasteiger partial charge on any atom is -0.338 e. The molecule has 168 valence electrons. The van der Waals surface area contributed by atoms with Crippen LogP contribution in [-0.4, -0.2) is 41.1 Å². The maximum Gasteiger partial charge on any atom is 0.242 e. The Morgan fingerprint density at radius 2 is 1.81 bits per heavy atom. The number of carbonyl (C=O) groups is 1. The van der Waals surface area contributed by atoms with Gasteiger partial charge in [-0.15, -0.1) is 0 Å². The summed E-state index contributed by atoms with van der Waals surface area (Å²) in [6.45, 7) is 1.87. The fourth-order valence-corrected chi connectivity index (χ4v) is 6.74.